The van der Waals surface area contributed by atoms with E-state index in [9.17, 15) is 9.90 Å². The summed E-state index contributed by atoms with van der Waals surface area (Å²) in [5.74, 6) is -1.19. The SMILES string of the molecule is O=C([O-])c1ccc(N/N=C\c2ccc(Br)cc2)cc1. The van der Waals surface area contributed by atoms with Gasteiger partial charge in [-0.1, -0.05) is 40.2 Å². The van der Waals surface area contributed by atoms with Crippen LogP contribution in [0.5, 0.6) is 0 Å². The molecule has 0 fully saturated rings. The second kappa shape index (κ2) is 6.15. The van der Waals surface area contributed by atoms with E-state index in [2.05, 4.69) is 26.5 Å². The molecule has 96 valence electrons. The van der Waals surface area contributed by atoms with Gasteiger partial charge < -0.3 is 9.90 Å². The number of benzene rings is 2. The van der Waals surface area contributed by atoms with E-state index in [-0.39, 0.29) is 5.56 Å². The second-order valence-electron chi connectivity index (χ2n) is 3.79. The molecular formula is C14H10BrN2O2-. The minimum Gasteiger partial charge on any atom is -0.545 e. The summed E-state index contributed by atoms with van der Waals surface area (Å²) in [6, 6.07) is 13.9. The van der Waals surface area contributed by atoms with Gasteiger partial charge in [0.15, 0.2) is 0 Å². The van der Waals surface area contributed by atoms with Crippen LogP contribution >= 0.6 is 15.9 Å². The summed E-state index contributed by atoms with van der Waals surface area (Å²) in [6.45, 7) is 0. The highest BCUT2D eigenvalue weighted by molar-refractivity contribution is 9.10. The summed E-state index contributed by atoms with van der Waals surface area (Å²) < 4.78 is 1.01. The highest BCUT2D eigenvalue weighted by Crippen LogP contribution is 2.10. The quantitative estimate of drug-likeness (QED) is 0.695. The van der Waals surface area contributed by atoms with Gasteiger partial charge in [0.2, 0.25) is 0 Å². The number of hydrogen-bond donors (Lipinski definition) is 1. The normalized spacial score (nSPS) is 10.6. The molecule has 0 amide bonds. The Morgan fingerprint density at radius 1 is 1.11 bits per heavy atom. The molecule has 0 aliphatic carbocycles. The van der Waals surface area contributed by atoms with Crippen LogP contribution in [0.4, 0.5) is 5.69 Å². The van der Waals surface area contributed by atoms with E-state index >= 15 is 0 Å². The first kappa shape index (κ1) is 13.3. The van der Waals surface area contributed by atoms with Crippen molar-refractivity contribution in [2.45, 2.75) is 0 Å². The Bertz CT molecular complexity index is 592. The molecule has 0 aliphatic rings. The van der Waals surface area contributed by atoms with Crippen molar-refractivity contribution in [1.29, 1.82) is 0 Å². The van der Waals surface area contributed by atoms with Crippen LogP contribution in [0.3, 0.4) is 0 Å². The van der Waals surface area contributed by atoms with Crippen LogP contribution in [-0.4, -0.2) is 12.2 Å². The van der Waals surface area contributed by atoms with Gasteiger partial charge in [0.25, 0.3) is 0 Å². The molecule has 4 nitrogen and oxygen atoms in total. The molecule has 2 aromatic rings. The fraction of sp³-hybridized carbons (Fsp3) is 0. The molecule has 0 heterocycles. The van der Waals surface area contributed by atoms with E-state index in [1.807, 2.05) is 24.3 Å². The van der Waals surface area contributed by atoms with Crippen molar-refractivity contribution in [3.05, 3.63) is 64.1 Å². The fourth-order valence-electron chi connectivity index (χ4n) is 1.41. The lowest BCUT2D eigenvalue weighted by Gasteiger charge is -2.03. The first-order chi connectivity index (χ1) is 9.15. The van der Waals surface area contributed by atoms with Crippen molar-refractivity contribution in [3.8, 4) is 0 Å². The summed E-state index contributed by atoms with van der Waals surface area (Å²) >= 11 is 3.36. The minimum atomic E-state index is -1.19. The molecule has 0 atom stereocenters. The molecule has 0 aliphatic heterocycles. The van der Waals surface area contributed by atoms with Gasteiger partial charge >= 0.3 is 0 Å². The van der Waals surface area contributed by atoms with E-state index < -0.39 is 5.97 Å². The van der Waals surface area contributed by atoms with Crippen LogP contribution in [0, 0.1) is 0 Å². The van der Waals surface area contributed by atoms with Crippen LogP contribution in [0.1, 0.15) is 15.9 Å². The van der Waals surface area contributed by atoms with Crippen molar-refractivity contribution in [2.75, 3.05) is 5.43 Å². The number of nitrogens with zero attached hydrogens (tertiary/aromatic N) is 1. The molecule has 0 spiro atoms. The van der Waals surface area contributed by atoms with Crippen LogP contribution in [0.25, 0.3) is 0 Å². The Labute approximate surface area is 118 Å². The molecule has 2 rings (SSSR count). The molecule has 0 saturated heterocycles. The zero-order valence-electron chi connectivity index (χ0n) is 9.84. The van der Waals surface area contributed by atoms with Gasteiger partial charge in [-0.15, -0.1) is 0 Å². The number of hydrazone groups is 1. The van der Waals surface area contributed by atoms with Gasteiger partial charge in [0, 0.05) is 4.47 Å². The minimum absolute atomic E-state index is 0.141. The number of carbonyl (C=O) groups excluding carboxylic acids is 1. The van der Waals surface area contributed by atoms with E-state index in [1.54, 1.807) is 18.3 Å². The Balaban J connectivity index is 1.98. The second-order valence-corrected chi connectivity index (χ2v) is 4.70. The van der Waals surface area contributed by atoms with E-state index in [0.29, 0.717) is 5.69 Å². The number of rotatable bonds is 4. The predicted octanol–water partition coefficient (Wildman–Crippen LogP) is 2.26. The molecule has 1 N–H and O–H groups in total. The van der Waals surface area contributed by atoms with Gasteiger partial charge in [-0.05, 0) is 35.4 Å². The van der Waals surface area contributed by atoms with Gasteiger partial charge in [-0.3, -0.25) is 5.43 Å². The Hall–Kier alpha value is -2.14. The number of carboxylic acids is 1. The number of nitrogens with one attached hydrogen (secondary N) is 1. The van der Waals surface area contributed by atoms with Gasteiger partial charge in [-0.2, -0.15) is 5.10 Å². The zero-order chi connectivity index (χ0) is 13.7. The van der Waals surface area contributed by atoms with Crippen molar-refractivity contribution in [3.63, 3.8) is 0 Å². The summed E-state index contributed by atoms with van der Waals surface area (Å²) in [6.07, 6.45) is 1.68. The molecule has 5 heteroatoms. The molecule has 19 heavy (non-hydrogen) atoms. The first-order valence-corrected chi connectivity index (χ1v) is 6.30. The smallest absolute Gasteiger partial charge is 0.0715 e. The molecule has 2 aromatic carbocycles. The predicted molar refractivity (Wildman–Crippen MR) is 76.1 cm³/mol. The maximum absolute atomic E-state index is 10.6. The van der Waals surface area contributed by atoms with E-state index in [0.717, 1.165) is 10.0 Å². The number of aromatic carboxylic acids is 1. The fourth-order valence-corrected chi connectivity index (χ4v) is 1.68. The summed E-state index contributed by atoms with van der Waals surface area (Å²) in [4.78, 5) is 10.6. The molecular weight excluding hydrogens is 308 g/mol. The van der Waals surface area contributed by atoms with Crippen LogP contribution in [-0.2, 0) is 0 Å². The van der Waals surface area contributed by atoms with Gasteiger partial charge in [0.1, 0.15) is 0 Å². The highest BCUT2D eigenvalue weighted by Gasteiger charge is 1.93. The topological polar surface area (TPSA) is 64.5 Å². The molecule has 0 radical (unpaired) electrons. The lowest BCUT2D eigenvalue weighted by molar-refractivity contribution is -0.255. The third kappa shape index (κ3) is 3.93. The van der Waals surface area contributed by atoms with E-state index in [1.165, 1.54) is 12.1 Å². The van der Waals surface area contributed by atoms with Crippen molar-refractivity contribution >= 4 is 33.8 Å². The van der Waals surface area contributed by atoms with Crippen molar-refractivity contribution in [2.24, 2.45) is 5.10 Å². The lowest BCUT2D eigenvalue weighted by Crippen LogP contribution is -2.21. The number of hydrogen-bond acceptors (Lipinski definition) is 4. The van der Waals surface area contributed by atoms with Crippen LogP contribution in [0.2, 0.25) is 0 Å². The Morgan fingerprint density at radius 3 is 2.32 bits per heavy atom. The molecule has 0 bridgehead atoms. The summed E-state index contributed by atoms with van der Waals surface area (Å²) in [5, 5.41) is 14.6. The van der Waals surface area contributed by atoms with Crippen molar-refractivity contribution in [1.82, 2.24) is 0 Å². The number of anilines is 1. The summed E-state index contributed by atoms with van der Waals surface area (Å²) in [7, 11) is 0. The molecule has 0 aromatic heterocycles. The molecule has 0 saturated carbocycles. The summed E-state index contributed by atoms with van der Waals surface area (Å²) in [5.41, 5.74) is 4.63. The van der Waals surface area contributed by atoms with E-state index in [4.69, 9.17) is 0 Å². The maximum atomic E-state index is 10.6. The maximum Gasteiger partial charge on any atom is 0.0715 e. The average Bonchev–Trinajstić information content (AvgIpc) is 2.41. The number of carboxylic acid groups (broad SMARTS) is 1. The first-order valence-electron chi connectivity index (χ1n) is 5.51. The van der Waals surface area contributed by atoms with Gasteiger partial charge in [0.05, 0.1) is 17.9 Å². The monoisotopic (exact) mass is 317 g/mol. The van der Waals surface area contributed by atoms with Crippen LogP contribution < -0.4 is 10.5 Å². The third-order valence-electron chi connectivity index (χ3n) is 2.40. The number of halogens is 1. The third-order valence-corrected chi connectivity index (χ3v) is 2.93. The highest BCUT2D eigenvalue weighted by atomic mass is 79.9. The lowest BCUT2D eigenvalue weighted by atomic mass is 10.2. The standard InChI is InChI=1S/C14H11BrN2O2/c15-12-5-1-10(2-6-12)9-16-17-13-7-3-11(4-8-13)14(18)19/h1-9,17H,(H,18,19)/p-1/b16-9-. The number of carbonyl (C=O) groups is 1. The average molecular weight is 318 g/mol. The van der Waals surface area contributed by atoms with Crippen molar-refractivity contribution < 1.29 is 9.90 Å². The molecule has 0 unspecified atom stereocenters. The van der Waals surface area contributed by atoms with Crippen LogP contribution in [0.15, 0.2) is 58.1 Å². The Kier molecular flexibility index (Phi) is 4.30. The largest absolute Gasteiger partial charge is 0.545 e. The zero-order valence-corrected chi connectivity index (χ0v) is 11.4. The Morgan fingerprint density at radius 2 is 1.74 bits per heavy atom. The van der Waals surface area contributed by atoms with Gasteiger partial charge in [-0.25, -0.2) is 0 Å².